The second-order valence-corrected chi connectivity index (χ2v) is 6.76. The number of rotatable bonds is 5. The molecule has 0 spiro atoms. The maximum Gasteiger partial charge on any atom is 0.326 e. The lowest BCUT2D eigenvalue weighted by Crippen LogP contribution is -2.33. The van der Waals surface area contributed by atoms with Gasteiger partial charge in [-0.1, -0.05) is 24.3 Å². The SMILES string of the molecule is O=C(O)[C@@H](NS(=O)(=O)c1cccc2ccoc12)c1ccc(O)cc1. The number of para-hydroxylation sites is 1. The van der Waals surface area contributed by atoms with E-state index < -0.39 is 22.0 Å². The van der Waals surface area contributed by atoms with Crippen LogP contribution < -0.4 is 4.72 Å². The zero-order chi connectivity index (χ0) is 17.3. The molecular formula is C16H13NO6S. The Balaban J connectivity index is 2.01. The molecule has 1 aromatic heterocycles. The Kier molecular flexibility index (Phi) is 4.00. The van der Waals surface area contributed by atoms with E-state index in [1.165, 1.54) is 36.6 Å². The number of carbonyl (C=O) groups is 1. The third-order valence-electron chi connectivity index (χ3n) is 3.48. The molecule has 0 unspecified atom stereocenters. The summed E-state index contributed by atoms with van der Waals surface area (Å²) in [6, 6.07) is 9.93. The maximum atomic E-state index is 12.6. The largest absolute Gasteiger partial charge is 0.508 e. The fraction of sp³-hybridized carbons (Fsp3) is 0.0625. The predicted octanol–water partition coefficient (Wildman–Crippen LogP) is 2.24. The highest BCUT2D eigenvalue weighted by atomic mass is 32.2. The minimum Gasteiger partial charge on any atom is -0.508 e. The first kappa shape index (κ1) is 16.0. The summed E-state index contributed by atoms with van der Waals surface area (Å²) in [6.07, 6.45) is 1.36. The number of carboxylic acids is 1. The Morgan fingerprint density at radius 2 is 1.79 bits per heavy atom. The summed E-state index contributed by atoms with van der Waals surface area (Å²) in [5, 5.41) is 19.2. The molecule has 1 heterocycles. The van der Waals surface area contributed by atoms with Crippen molar-refractivity contribution >= 4 is 27.0 Å². The monoisotopic (exact) mass is 347 g/mol. The summed E-state index contributed by atoms with van der Waals surface area (Å²) in [5.74, 6) is -1.41. The van der Waals surface area contributed by atoms with Gasteiger partial charge in [0.05, 0.1) is 6.26 Å². The number of carboxylic acid groups (broad SMARTS) is 1. The van der Waals surface area contributed by atoms with Gasteiger partial charge in [0.2, 0.25) is 10.0 Å². The smallest absolute Gasteiger partial charge is 0.326 e. The third-order valence-corrected chi connectivity index (χ3v) is 4.93. The number of phenols is 1. The number of benzene rings is 2. The lowest BCUT2D eigenvalue weighted by atomic mass is 10.1. The fourth-order valence-corrected chi connectivity index (χ4v) is 3.67. The minimum absolute atomic E-state index is 0.0499. The van der Waals surface area contributed by atoms with Crippen LogP contribution in [-0.2, 0) is 14.8 Å². The van der Waals surface area contributed by atoms with Crippen molar-refractivity contribution in [2.45, 2.75) is 10.9 Å². The zero-order valence-electron chi connectivity index (χ0n) is 12.2. The Morgan fingerprint density at radius 1 is 1.08 bits per heavy atom. The lowest BCUT2D eigenvalue weighted by Gasteiger charge is -2.15. The third kappa shape index (κ3) is 2.97. The van der Waals surface area contributed by atoms with Crippen LogP contribution >= 0.6 is 0 Å². The van der Waals surface area contributed by atoms with Crippen LogP contribution in [0.15, 0.2) is 64.1 Å². The quantitative estimate of drug-likeness (QED) is 0.652. The van der Waals surface area contributed by atoms with Crippen LogP contribution in [0, 0.1) is 0 Å². The summed E-state index contributed by atoms with van der Waals surface area (Å²) in [7, 11) is -4.15. The van der Waals surface area contributed by atoms with Gasteiger partial charge in [-0.15, -0.1) is 0 Å². The average Bonchev–Trinajstić information content (AvgIpc) is 3.01. The van der Waals surface area contributed by atoms with Crippen LogP contribution in [0.1, 0.15) is 11.6 Å². The number of aromatic hydroxyl groups is 1. The molecule has 0 fully saturated rings. The molecule has 7 nitrogen and oxygen atoms in total. The minimum atomic E-state index is -4.15. The molecule has 8 heteroatoms. The standard InChI is InChI=1S/C16H13NO6S/c18-12-6-4-10(5-7-12)14(16(19)20)17-24(21,22)13-3-1-2-11-8-9-23-15(11)13/h1-9,14,17-18H,(H,19,20)/t14-/m0/s1. The van der Waals surface area contributed by atoms with E-state index in [9.17, 15) is 23.4 Å². The molecule has 1 atom stereocenters. The number of hydrogen-bond donors (Lipinski definition) is 3. The van der Waals surface area contributed by atoms with Gasteiger partial charge in [-0.25, -0.2) is 8.42 Å². The topological polar surface area (TPSA) is 117 Å². The fourth-order valence-electron chi connectivity index (χ4n) is 2.32. The number of fused-ring (bicyclic) bond motifs is 1. The molecule has 2 aromatic carbocycles. The predicted molar refractivity (Wildman–Crippen MR) is 85.0 cm³/mol. The zero-order valence-corrected chi connectivity index (χ0v) is 13.0. The highest BCUT2D eigenvalue weighted by Crippen LogP contribution is 2.26. The second-order valence-electron chi connectivity index (χ2n) is 5.08. The Morgan fingerprint density at radius 3 is 2.46 bits per heavy atom. The van der Waals surface area contributed by atoms with Crippen LogP contribution in [0.3, 0.4) is 0 Å². The molecule has 0 aliphatic carbocycles. The summed E-state index contributed by atoms with van der Waals surface area (Å²) >= 11 is 0. The van der Waals surface area contributed by atoms with Gasteiger partial charge in [0.1, 0.15) is 16.7 Å². The summed E-state index contributed by atoms with van der Waals surface area (Å²) in [6.45, 7) is 0. The maximum absolute atomic E-state index is 12.6. The normalized spacial score (nSPS) is 13.0. The van der Waals surface area contributed by atoms with Crippen molar-refractivity contribution in [3.05, 3.63) is 60.4 Å². The van der Waals surface area contributed by atoms with Gasteiger partial charge in [0.15, 0.2) is 5.58 Å². The Labute approximate surface area is 137 Å². The van der Waals surface area contributed by atoms with E-state index in [1.807, 2.05) is 0 Å². The first-order valence-corrected chi connectivity index (χ1v) is 8.37. The molecule has 0 aliphatic rings. The van der Waals surface area contributed by atoms with E-state index in [0.717, 1.165) is 0 Å². The van der Waals surface area contributed by atoms with Gasteiger partial charge in [-0.2, -0.15) is 4.72 Å². The molecule has 0 saturated carbocycles. The second kappa shape index (κ2) is 5.99. The van der Waals surface area contributed by atoms with Crippen LogP contribution in [0.2, 0.25) is 0 Å². The highest BCUT2D eigenvalue weighted by molar-refractivity contribution is 7.89. The summed E-state index contributed by atoms with van der Waals surface area (Å²) < 4.78 is 32.6. The molecule has 0 saturated heterocycles. The number of phenolic OH excluding ortho intramolecular Hbond substituents is 1. The number of nitrogens with one attached hydrogen (secondary N) is 1. The van der Waals surface area contributed by atoms with Gasteiger partial charge < -0.3 is 14.6 Å². The van der Waals surface area contributed by atoms with Crippen molar-refractivity contribution in [1.82, 2.24) is 4.72 Å². The van der Waals surface area contributed by atoms with E-state index >= 15 is 0 Å². The Hall–Kier alpha value is -2.84. The van der Waals surface area contributed by atoms with E-state index in [-0.39, 0.29) is 21.8 Å². The van der Waals surface area contributed by atoms with Crippen LogP contribution in [0.4, 0.5) is 0 Å². The molecule has 0 amide bonds. The van der Waals surface area contributed by atoms with E-state index in [4.69, 9.17) is 4.42 Å². The number of sulfonamides is 1. The van der Waals surface area contributed by atoms with Gasteiger partial charge in [0, 0.05) is 5.39 Å². The van der Waals surface area contributed by atoms with Crippen molar-refractivity contribution in [3.63, 3.8) is 0 Å². The van der Waals surface area contributed by atoms with Gasteiger partial charge in [0.25, 0.3) is 0 Å². The molecular weight excluding hydrogens is 334 g/mol. The van der Waals surface area contributed by atoms with Gasteiger partial charge >= 0.3 is 5.97 Å². The van der Waals surface area contributed by atoms with Gasteiger partial charge in [-0.3, -0.25) is 4.79 Å². The first-order chi connectivity index (χ1) is 11.4. The number of aliphatic carboxylic acids is 1. The van der Waals surface area contributed by atoms with Crippen LogP contribution in [0.5, 0.6) is 5.75 Å². The molecule has 0 aliphatic heterocycles. The van der Waals surface area contributed by atoms with Crippen LogP contribution in [0.25, 0.3) is 11.0 Å². The van der Waals surface area contributed by atoms with Gasteiger partial charge in [-0.05, 0) is 29.8 Å². The van der Waals surface area contributed by atoms with E-state index in [0.29, 0.717) is 5.39 Å². The van der Waals surface area contributed by atoms with Crippen molar-refractivity contribution in [2.24, 2.45) is 0 Å². The van der Waals surface area contributed by atoms with Crippen molar-refractivity contribution in [1.29, 1.82) is 0 Å². The molecule has 3 N–H and O–H groups in total. The lowest BCUT2D eigenvalue weighted by molar-refractivity contribution is -0.139. The summed E-state index contributed by atoms with van der Waals surface area (Å²) in [5.41, 5.74) is 0.343. The number of furan rings is 1. The molecule has 3 rings (SSSR count). The van der Waals surface area contributed by atoms with Crippen molar-refractivity contribution in [2.75, 3.05) is 0 Å². The van der Waals surface area contributed by atoms with Crippen LogP contribution in [-0.4, -0.2) is 24.6 Å². The molecule has 0 radical (unpaired) electrons. The van der Waals surface area contributed by atoms with Crippen molar-refractivity contribution < 1.29 is 27.8 Å². The number of hydrogen-bond acceptors (Lipinski definition) is 5. The first-order valence-electron chi connectivity index (χ1n) is 6.89. The molecule has 3 aromatic rings. The van der Waals surface area contributed by atoms with Crippen molar-refractivity contribution in [3.8, 4) is 5.75 Å². The highest BCUT2D eigenvalue weighted by Gasteiger charge is 2.28. The summed E-state index contributed by atoms with van der Waals surface area (Å²) in [4.78, 5) is 11.4. The average molecular weight is 347 g/mol. The molecule has 0 bridgehead atoms. The molecule has 24 heavy (non-hydrogen) atoms. The van der Waals surface area contributed by atoms with E-state index in [1.54, 1.807) is 18.2 Å². The molecule has 124 valence electrons. The Bertz CT molecular complexity index is 991. The van der Waals surface area contributed by atoms with E-state index in [2.05, 4.69) is 4.72 Å².